The van der Waals surface area contributed by atoms with Crippen molar-refractivity contribution in [2.45, 2.75) is 26.8 Å². The van der Waals surface area contributed by atoms with Crippen LogP contribution in [0.1, 0.15) is 26.5 Å². The molecule has 0 fully saturated rings. The number of nitrogens with one attached hydrogen (secondary N) is 1. The van der Waals surface area contributed by atoms with Crippen molar-refractivity contribution in [2.75, 3.05) is 11.9 Å². The Balaban J connectivity index is 2.58. The Morgan fingerprint density at radius 2 is 2.16 bits per heavy atom. The molecule has 0 bridgehead atoms. The van der Waals surface area contributed by atoms with Crippen molar-refractivity contribution in [1.29, 1.82) is 5.26 Å². The molecule has 98 valence electrons. The molecule has 0 aliphatic rings. The molecule has 1 heterocycles. The summed E-state index contributed by atoms with van der Waals surface area (Å²) in [4.78, 5) is 0. The summed E-state index contributed by atoms with van der Waals surface area (Å²) in [7, 11) is 0. The summed E-state index contributed by atoms with van der Waals surface area (Å²) < 4.78 is 5.44. The van der Waals surface area contributed by atoms with Crippen molar-refractivity contribution in [3.05, 3.63) is 23.9 Å². The van der Waals surface area contributed by atoms with Crippen LogP contribution in [0.3, 0.4) is 0 Å². The Morgan fingerprint density at radius 3 is 2.79 bits per heavy atom. The zero-order chi connectivity index (χ0) is 13.8. The number of anilines is 1. The van der Waals surface area contributed by atoms with Crippen LogP contribution in [0.25, 0.3) is 10.9 Å². The highest BCUT2D eigenvalue weighted by molar-refractivity contribution is 5.93. The smallest absolute Gasteiger partial charge is 0.186 e. The van der Waals surface area contributed by atoms with Gasteiger partial charge in [0.25, 0.3) is 0 Å². The summed E-state index contributed by atoms with van der Waals surface area (Å²) >= 11 is 0. The summed E-state index contributed by atoms with van der Waals surface area (Å²) in [6.07, 6.45) is 0. The normalized spacial score (nSPS) is 10.5. The van der Waals surface area contributed by atoms with Crippen LogP contribution >= 0.6 is 0 Å². The average molecular weight is 256 g/mol. The second kappa shape index (κ2) is 5.53. The molecule has 2 aromatic rings. The average Bonchev–Trinajstić information content (AvgIpc) is 2.38. The molecule has 0 radical (unpaired) electrons. The number of rotatable bonds is 4. The first-order valence-corrected chi connectivity index (χ1v) is 6.25. The monoisotopic (exact) mass is 256 g/mol. The third-order valence-corrected chi connectivity index (χ3v) is 2.58. The highest BCUT2D eigenvalue weighted by atomic mass is 16.5. The summed E-state index contributed by atoms with van der Waals surface area (Å²) in [5, 5.41) is 21.3. The Morgan fingerprint density at radius 1 is 1.37 bits per heavy atom. The van der Waals surface area contributed by atoms with E-state index in [0.717, 1.165) is 16.8 Å². The minimum Gasteiger partial charge on any atom is -0.494 e. The van der Waals surface area contributed by atoms with Crippen molar-refractivity contribution in [3.63, 3.8) is 0 Å². The SMILES string of the molecule is CCOc1ccc2c(NC(C)C)c(C#N)nnc2c1. The molecule has 1 N–H and O–H groups in total. The number of nitrogens with zero attached hydrogens (tertiary/aromatic N) is 3. The third kappa shape index (κ3) is 2.74. The standard InChI is InChI=1S/C14H16N4O/c1-4-19-10-5-6-11-12(7-10)17-18-13(8-15)14(11)16-9(2)3/h5-7,9H,4H2,1-3H3,(H,16,17). The van der Waals surface area contributed by atoms with Crippen LogP contribution in [0.5, 0.6) is 5.75 Å². The van der Waals surface area contributed by atoms with Gasteiger partial charge >= 0.3 is 0 Å². The van der Waals surface area contributed by atoms with E-state index in [2.05, 4.69) is 21.6 Å². The number of fused-ring (bicyclic) bond motifs is 1. The highest BCUT2D eigenvalue weighted by Crippen LogP contribution is 2.27. The first kappa shape index (κ1) is 13.1. The Bertz CT molecular complexity index is 631. The van der Waals surface area contributed by atoms with E-state index in [4.69, 9.17) is 10.00 Å². The van der Waals surface area contributed by atoms with Crippen LogP contribution in [-0.2, 0) is 0 Å². The summed E-state index contributed by atoms with van der Waals surface area (Å²) in [6, 6.07) is 7.89. The van der Waals surface area contributed by atoms with Crippen molar-refractivity contribution < 1.29 is 4.74 Å². The van der Waals surface area contributed by atoms with E-state index in [1.807, 2.05) is 39.0 Å². The topological polar surface area (TPSA) is 70.8 Å². The van der Waals surface area contributed by atoms with E-state index in [9.17, 15) is 0 Å². The molecular weight excluding hydrogens is 240 g/mol. The fourth-order valence-electron chi connectivity index (χ4n) is 1.86. The van der Waals surface area contributed by atoms with E-state index in [1.54, 1.807) is 0 Å². The maximum Gasteiger partial charge on any atom is 0.186 e. The van der Waals surface area contributed by atoms with Gasteiger partial charge in [0.2, 0.25) is 0 Å². The molecule has 0 spiro atoms. The first-order chi connectivity index (χ1) is 9.15. The number of aromatic nitrogens is 2. The predicted molar refractivity (Wildman–Crippen MR) is 74.2 cm³/mol. The van der Waals surface area contributed by atoms with Crippen LogP contribution in [0.4, 0.5) is 5.69 Å². The molecule has 0 unspecified atom stereocenters. The lowest BCUT2D eigenvalue weighted by Crippen LogP contribution is -2.12. The molecule has 19 heavy (non-hydrogen) atoms. The van der Waals surface area contributed by atoms with Gasteiger partial charge in [0.15, 0.2) is 5.69 Å². The molecule has 0 saturated heterocycles. The summed E-state index contributed by atoms with van der Waals surface area (Å²) in [5.74, 6) is 0.754. The molecule has 2 rings (SSSR count). The lowest BCUT2D eigenvalue weighted by molar-refractivity contribution is 0.340. The van der Waals surface area contributed by atoms with E-state index in [0.29, 0.717) is 17.8 Å². The first-order valence-electron chi connectivity index (χ1n) is 6.25. The fraction of sp³-hybridized carbons (Fsp3) is 0.357. The predicted octanol–water partition coefficient (Wildman–Crippen LogP) is 2.72. The van der Waals surface area contributed by atoms with Crippen molar-refractivity contribution in [1.82, 2.24) is 10.2 Å². The summed E-state index contributed by atoms with van der Waals surface area (Å²) in [5.41, 5.74) is 1.75. The maximum absolute atomic E-state index is 9.11. The second-order valence-corrected chi connectivity index (χ2v) is 4.45. The van der Waals surface area contributed by atoms with Gasteiger partial charge in [-0.15, -0.1) is 10.2 Å². The molecule has 0 aliphatic heterocycles. The van der Waals surface area contributed by atoms with E-state index < -0.39 is 0 Å². The number of ether oxygens (including phenoxy) is 1. The van der Waals surface area contributed by atoms with Crippen molar-refractivity contribution in [3.8, 4) is 11.8 Å². The molecule has 0 saturated carbocycles. The zero-order valence-corrected chi connectivity index (χ0v) is 11.3. The number of hydrogen-bond acceptors (Lipinski definition) is 5. The largest absolute Gasteiger partial charge is 0.494 e. The second-order valence-electron chi connectivity index (χ2n) is 4.45. The molecule has 0 amide bonds. The number of benzene rings is 1. The molecule has 1 aromatic carbocycles. The van der Waals surface area contributed by atoms with E-state index in [1.165, 1.54) is 0 Å². The Labute approximate surface area is 112 Å². The van der Waals surface area contributed by atoms with Crippen LogP contribution < -0.4 is 10.1 Å². The third-order valence-electron chi connectivity index (χ3n) is 2.58. The molecule has 5 heteroatoms. The van der Waals surface area contributed by atoms with Gasteiger partial charge in [0.05, 0.1) is 17.8 Å². The quantitative estimate of drug-likeness (QED) is 0.910. The molecule has 0 atom stereocenters. The van der Waals surface area contributed by atoms with Crippen molar-refractivity contribution >= 4 is 16.6 Å². The Hall–Kier alpha value is -2.35. The van der Waals surface area contributed by atoms with Gasteiger partial charge in [-0.1, -0.05) is 0 Å². The van der Waals surface area contributed by atoms with Gasteiger partial charge < -0.3 is 10.1 Å². The van der Waals surface area contributed by atoms with E-state index >= 15 is 0 Å². The molecule has 1 aromatic heterocycles. The van der Waals surface area contributed by atoms with Gasteiger partial charge in [-0.25, -0.2) is 0 Å². The van der Waals surface area contributed by atoms with Gasteiger partial charge in [-0.2, -0.15) is 5.26 Å². The van der Waals surface area contributed by atoms with Crippen LogP contribution in [0.2, 0.25) is 0 Å². The number of nitriles is 1. The minimum absolute atomic E-state index is 0.214. The highest BCUT2D eigenvalue weighted by Gasteiger charge is 2.12. The van der Waals surface area contributed by atoms with Crippen LogP contribution in [0.15, 0.2) is 18.2 Å². The molecule has 5 nitrogen and oxygen atoms in total. The minimum atomic E-state index is 0.214. The van der Waals surface area contributed by atoms with Gasteiger partial charge in [0.1, 0.15) is 11.8 Å². The van der Waals surface area contributed by atoms with Gasteiger partial charge in [-0.05, 0) is 32.9 Å². The van der Waals surface area contributed by atoms with Crippen LogP contribution in [0, 0.1) is 11.3 Å². The van der Waals surface area contributed by atoms with E-state index in [-0.39, 0.29) is 6.04 Å². The fourth-order valence-corrected chi connectivity index (χ4v) is 1.86. The van der Waals surface area contributed by atoms with Gasteiger partial charge in [-0.3, -0.25) is 0 Å². The zero-order valence-electron chi connectivity index (χ0n) is 11.3. The maximum atomic E-state index is 9.11. The molecular formula is C14H16N4O. The van der Waals surface area contributed by atoms with Crippen molar-refractivity contribution in [2.24, 2.45) is 0 Å². The lowest BCUT2D eigenvalue weighted by Gasteiger charge is -2.13. The van der Waals surface area contributed by atoms with Crippen LogP contribution in [-0.4, -0.2) is 22.8 Å². The number of hydrogen-bond donors (Lipinski definition) is 1. The van der Waals surface area contributed by atoms with Gasteiger partial charge in [0, 0.05) is 17.5 Å². The summed E-state index contributed by atoms with van der Waals surface area (Å²) in [6.45, 7) is 6.57. The molecule has 0 aliphatic carbocycles. The lowest BCUT2D eigenvalue weighted by atomic mass is 10.1. The Kier molecular flexibility index (Phi) is 3.81.